The van der Waals surface area contributed by atoms with Gasteiger partial charge in [-0.15, -0.1) is 0 Å². The van der Waals surface area contributed by atoms with E-state index in [2.05, 4.69) is 47.6 Å². The summed E-state index contributed by atoms with van der Waals surface area (Å²) in [6.07, 6.45) is 0. The highest BCUT2D eigenvalue weighted by Crippen LogP contribution is 2.63. The second-order valence-electron chi connectivity index (χ2n) is 9.70. The number of carbonyl (C=O) groups is 1. The fourth-order valence-electron chi connectivity index (χ4n) is 3.55. The van der Waals surface area contributed by atoms with Crippen LogP contribution >= 0.6 is 0 Å². The lowest BCUT2D eigenvalue weighted by Crippen LogP contribution is -2.17. The maximum atomic E-state index is 14.7. The monoisotopic (exact) mass is 370 g/mol. The van der Waals surface area contributed by atoms with Crippen LogP contribution in [0.3, 0.4) is 0 Å². The Morgan fingerprint density at radius 3 is 1.78 bits per heavy atom. The van der Waals surface area contributed by atoms with Gasteiger partial charge in [-0.3, -0.25) is 4.79 Å². The predicted octanol–water partition coefficient (Wildman–Crippen LogP) is 6.51. The molecule has 0 bridgehead atoms. The largest absolute Gasteiger partial charge is 0.294 e. The normalized spacial score (nSPS) is 21.8. The third-order valence-corrected chi connectivity index (χ3v) is 5.44. The zero-order valence-electron chi connectivity index (χ0n) is 16.9. The van der Waals surface area contributed by atoms with E-state index in [1.165, 1.54) is 0 Å². The van der Waals surface area contributed by atoms with Crippen molar-refractivity contribution in [3.05, 3.63) is 70.8 Å². The number of Topliss-reactive ketones (excluding diaryl/α,β-unsaturated/α-hetero) is 1. The van der Waals surface area contributed by atoms with Gasteiger partial charge in [0.1, 0.15) is 0 Å². The van der Waals surface area contributed by atoms with Crippen LogP contribution in [0, 0.1) is 5.92 Å². The molecule has 1 aliphatic rings. The Kier molecular flexibility index (Phi) is 4.57. The van der Waals surface area contributed by atoms with Crippen LogP contribution in [0.15, 0.2) is 48.5 Å². The van der Waals surface area contributed by atoms with Gasteiger partial charge >= 0.3 is 0 Å². The summed E-state index contributed by atoms with van der Waals surface area (Å²) in [6, 6.07) is 14.3. The van der Waals surface area contributed by atoms with Crippen LogP contribution in [-0.2, 0) is 10.8 Å². The molecule has 1 nitrogen and oxygen atoms in total. The number of ketones is 1. The topological polar surface area (TPSA) is 17.1 Å². The SMILES string of the molecule is CC(C)(C)c1cc(C2C(C(=O)c3ccccc3)C2(F)F)cc(C(C)(C)C)c1. The second-order valence-corrected chi connectivity index (χ2v) is 9.70. The Morgan fingerprint density at radius 2 is 1.33 bits per heavy atom. The van der Waals surface area contributed by atoms with Crippen molar-refractivity contribution in [3.8, 4) is 0 Å². The molecule has 2 unspecified atom stereocenters. The minimum atomic E-state index is -3.00. The van der Waals surface area contributed by atoms with Gasteiger partial charge in [-0.05, 0) is 27.5 Å². The molecule has 0 aromatic heterocycles. The maximum Gasteiger partial charge on any atom is 0.266 e. The quantitative estimate of drug-likeness (QED) is 0.563. The minimum absolute atomic E-state index is 0.154. The molecule has 0 saturated heterocycles. The zero-order valence-corrected chi connectivity index (χ0v) is 16.9. The van der Waals surface area contributed by atoms with E-state index in [0.29, 0.717) is 11.1 Å². The fraction of sp³-hybridized carbons (Fsp3) is 0.458. The minimum Gasteiger partial charge on any atom is -0.294 e. The van der Waals surface area contributed by atoms with E-state index in [-0.39, 0.29) is 10.8 Å². The molecule has 3 rings (SSSR count). The number of alkyl halides is 2. The molecule has 2 atom stereocenters. The van der Waals surface area contributed by atoms with E-state index in [9.17, 15) is 13.6 Å². The Labute approximate surface area is 160 Å². The predicted molar refractivity (Wildman–Crippen MR) is 106 cm³/mol. The van der Waals surface area contributed by atoms with E-state index in [1.807, 2.05) is 12.1 Å². The van der Waals surface area contributed by atoms with Crippen LogP contribution in [0.2, 0.25) is 0 Å². The zero-order chi connectivity index (χ0) is 20.2. The summed E-state index contributed by atoms with van der Waals surface area (Å²) in [5, 5.41) is 0. The van der Waals surface area contributed by atoms with Crippen LogP contribution in [-0.4, -0.2) is 11.7 Å². The standard InChI is InChI=1S/C24H28F2O/c1-22(2,3)17-12-16(13-18(14-17)23(4,5)6)19-20(24(19,25)26)21(27)15-10-8-7-9-11-15/h7-14,19-20H,1-6H3. The molecule has 1 aliphatic carbocycles. The first kappa shape index (κ1) is 19.7. The molecule has 0 radical (unpaired) electrons. The maximum absolute atomic E-state index is 14.7. The summed E-state index contributed by atoms with van der Waals surface area (Å²) in [4.78, 5) is 12.7. The second kappa shape index (κ2) is 6.25. The molecule has 1 fully saturated rings. The van der Waals surface area contributed by atoms with Gasteiger partial charge in [-0.1, -0.05) is 90.1 Å². The molecule has 0 spiro atoms. The number of benzene rings is 2. The van der Waals surface area contributed by atoms with Crippen molar-refractivity contribution in [2.45, 2.75) is 64.2 Å². The van der Waals surface area contributed by atoms with Crippen molar-refractivity contribution in [2.24, 2.45) is 5.92 Å². The van der Waals surface area contributed by atoms with Crippen molar-refractivity contribution >= 4 is 5.78 Å². The van der Waals surface area contributed by atoms with E-state index in [1.54, 1.807) is 30.3 Å². The highest BCUT2D eigenvalue weighted by atomic mass is 19.3. The Balaban J connectivity index is 2.04. The number of carbonyl (C=O) groups excluding carboxylic acids is 1. The van der Waals surface area contributed by atoms with Crippen LogP contribution in [0.25, 0.3) is 0 Å². The number of hydrogen-bond acceptors (Lipinski definition) is 1. The van der Waals surface area contributed by atoms with Crippen molar-refractivity contribution in [1.82, 2.24) is 0 Å². The molecule has 144 valence electrons. The highest BCUT2D eigenvalue weighted by Gasteiger charge is 2.72. The molecule has 0 heterocycles. The van der Waals surface area contributed by atoms with Crippen LogP contribution < -0.4 is 0 Å². The van der Waals surface area contributed by atoms with Crippen LogP contribution in [0.5, 0.6) is 0 Å². The summed E-state index contributed by atoms with van der Waals surface area (Å²) in [5.41, 5.74) is 2.68. The molecule has 0 aliphatic heterocycles. The molecule has 27 heavy (non-hydrogen) atoms. The molecular formula is C24H28F2O. The van der Waals surface area contributed by atoms with E-state index >= 15 is 0 Å². The average molecular weight is 370 g/mol. The smallest absolute Gasteiger partial charge is 0.266 e. The third-order valence-electron chi connectivity index (χ3n) is 5.44. The molecular weight excluding hydrogens is 342 g/mol. The first-order valence-electron chi connectivity index (χ1n) is 9.46. The van der Waals surface area contributed by atoms with E-state index in [0.717, 1.165) is 11.1 Å². The van der Waals surface area contributed by atoms with Crippen molar-refractivity contribution in [3.63, 3.8) is 0 Å². The third kappa shape index (κ3) is 3.69. The van der Waals surface area contributed by atoms with Gasteiger partial charge in [-0.25, -0.2) is 8.78 Å². The lowest BCUT2D eigenvalue weighted by atomic mass is 9.79. The summed E-state index contributed by atoms with van der Waals surface area (Å²) in [6.45, 7) is 12.5. The van der Waals surface area contributed by atoms with Crippen molar-refractivity contribution < 1.29 is 13.6 Å². The molecule has 0 amide bonds. The van der Waals surface area contributed by atoms with Gasteiger partial charge < -0.3 is 0 Å². The lowest BCUT2D eigenvalue weighted by molar-refractivity contribution is 0.0742. The van der Waals surface area contributed by atoms with Crippen molar-refractivity contribution in [1.29, 1.82) is 0 Å². The first-order chi connectivity index (χ1) is 12.3. The van der Waals surface area contributed by atoms with E-state index in [4.69, 9.17) is 0 Å². The Hall–Kier alpha value is -2.03. The van der Waals surface area contributed by atoms with Gasteiger partial charge in [-0.2, -0.15) is 0 Å². The average Bonchev–Trinajstić information content (AvgIpc) is 3.15. The van der Waals surface area contributed by atoms with Crippen molar-refractivity contribution in [2.75, 3.05) is 0 Å². The summed E-state index contributed by atoms with van der Waals surface area (Å²) >= 11 is 0. The molecule has 1 saturated carbocycles. The summed E-state index contributed by atoms with van der Waals surface area (Å²) in [5.74, 6) is -5.79. The van der Waals surface area contributed by atoms with Gasteiger partial charge in [0.2, 0.25) is 0 Å². The highest BCUT2D eigenvalue weighted by molar-refractivity contribution is 6.01. The van der Waals surface area contributed by atoms with Crippen LogP contribution in [0.1, 0.15) is 74.5 Å². The van der Waals surface area contributed by atoms with Gasteiger partial charge in [0.15, 0.2) is 5.78 Å². The molecule has 2 aromatic rings. The lowest BCUT2D eigenvalue weighted by Gasteiger charge is -2.26. The van der Waals surface area contributed by atoms with E-state index < -0.39 is 23.5 Å². The molecule has 3 heteroatoms. The van der Waals surface area contributed by atoms with Gasteiger partial charge in [0.05, 0.1) is 11.8 Å². The van der Waals surface area contributed by atoms with Gasteiger partial charge in [0, 0.05) is 5.56 Å². The van der Waals surface area contributed by atoms with Crippen LogP contribution in [0.4, 0.5) is 8.78 Å². The summed E-state index contributed by atoms with van der Waals surface area (Å²) < 4.78 is 29.4. The molecule has 2 aromatic carbocycles. The number of hydrogen-bond donors (Lipinski definition) is 0. The number of halogens is 2. The molecule has 0 N–H and O–H groups in total. The Morgan fingerprint density at radius 1 is 0.852 bits per heavy atom. The fourth-order valence-corrected chi connectivity index (χ4v) is 3.55. The van der Waals surface area contributed by atoms with Gasteiger partial charge in [0.25, 0.3) is 5.92 Å². The summed E-state index contributed by atoms with van der Waals surface area (Å²) in [7, 11) is 0. The Bertz CT molecular complexity index is 822. The number of rotatable bonds is 3. The first-order valence-corrected chi connectivity index (χ1v) is 9.46.